The zero-order valence-electron chi connectivity index (χ0n) is 10.2. The van der Waals surface area contributed by atoms with Gasteiger partial charge < -0.3 is 4.74 Å². The molecule has 1 heterocycles. The summed E-state index contributed by atoms with van der Waals surface area (Å²) < 4.78 is 6.47. The molecular formula is C13H11BrN2O3. The molecule has 2 rings (SSSR count). The lowest BCUT2D eigenvalue weighted by Gasteiger charge is -2.09. The number of rotatable bonds is 4. The Hall–Kier alpha value is -1.95. The second-order valence-electron chi connectivity index (χ2n) is 3.96. The van der Waals surface area contributed by atoms with Crippen molar-refractivity contribution < 1.29 is 9.66 Å². The van der Waals surface area contributed by atoms with Gasteiger partial charge in [0, 0.05) is 28.5 Å². The van der Waals surface area contributed by atoms with Crippen LogP contribution in [0.2, 0.25) is 0 Å². The number of benzene rings is 1. The standard InChI is InChI=1S/C13H11BrN2O3/c1-9-12(16(17)18)3-2-4-13(9)19-8-10-5-11(14)7-15-6-10/h2-7H,8H2,1H3. The van der Waals surface area contributed by atoms with Gasteiger partial charge in [0.05, 0.1) is 10.5 Å². The molecule has 0 bridgehead atoms. The summed E-state index contributed by atoms with van der Waals surface area (Å²) in [6.07, 6.45) is 3.37. The van der Waals surface area contributed by atoms with Crippen LogP contribution >= 0.6 is 15.9 Å². The molecule has 2 aromatic rings. The number of nitrogens with zero attached hydrogens (tertiary/aromatic N) is 2. The van der Waals surface area contributed by atoms with Gasteiger partial charge in [-0.1, -0.05) is 6.07 Å². The molecule has 0 saturated heterocycles. The Morgan fingerprint density at radius 2 is 2.21 bits per heavy atom. The Kier molecular flexibility index (Phi) is 4.11. The van der Waals surface area contributed by atoms with Crippen molar-refractivity contribution >= 4 is 21.6 Å². The molecule has 1 aromatic carbocycles. The fourth-order valence-electron chi connectivity index (χ4n) is 1.65. The van der Waals surface area contributed by atoms with Crippen LogP contribution in [-0.2, 0) is 6.61 Å². The quantitative estimate of drug-likeness (QED) is 0.636. The molecule has 0 atom stereocenters. The molecule has 0 spiro atoms. The third-order valence-corrected chi connectivity index (χ3v) is 3.04. The van der Waals surface area contributed by atoms with E-state index in [4.69, 9.17) is 4.74 Å². The highest BCUT2D eigenvalue weighted by Gasteiger charge is 2.14. The normalized spacial score (nSPS) is 10.2. The molecule has 0 aliphatic rings. The van der Waals surface area contributed by atoms with Crippen LogP contribution in [0.25, 0.3) is 0 Å². The first-order valence-corrected chi connectivity index (χ1v) is 6.33. The maximum atomic E-state index is 10.8. The zero-order chi connectivity index (χ0) is 13.8. The molecule has 0 N–H and O–H groups in total. The number of aromatic nitrogens is 1. The van der Waals surface area contributed by atoms with Gasteiger partial charge in [0.1, 0.15) is 12.4 Å². The first-order valence-electron chi connectivity index (χ1n) is 5.54. The number of hydrogen-bond donors (Lipinski definition) is 0. The summed E-state index contributed by atoms with van der Waals surface area (Å²) in [4.78, 5) is 14.4. The topological polar surface area (TPSA) is 65.3 Å². The largest absolute Gasteiger partial charge is 0.488 e. The van der Waals surface area contributed by atoms with Crippen LogP contribution in [-0.4, -0.2) is 9.91 Å². The minimum Gasteiger partial charge on any atom is -0.488 e. The van der Waals surface area contributed by atoms with E-state index in [-0.39, 0.29) is 5.69 Å². The fourth-order valence-corrected chi connectivity index (χ4v) is 2.07. The molecule has 6 heteroatoms. The third kappa shape index (κ3) is 3.29. The van der Waals surface area contributed by atoms with E-state index >= 15 is 0 Å². The van der Waals surface area contributed by atoms with Crippen LogP contribution in [0.5, 0.6) is 5.75 Å². The second kappa shape index (κ2) is 5.79. The van der Waals surface area contributed by atoms with Gasteiger partial charge in [-0.15, -0.1) is 0 Å². The van der Waals surface area contributed by atoms with E-state index in [2.05, 4.69) is 20.9 Å². The maximum Gasteiger partial charge on any atom is 0.276 e. The molecule has 0 aliphatic heterocycles. The molecule has 0 aliphatic carbocycles. The number of halogens is 1. The first-order chi connectivity index (χ1) is 9.08. The maximum absolute atomic E-state index is 10.8. The van der Waals surface area contributed by atoms with Gasteiger partial charge in [-0.25, -0.2) is 0 Å². The summed E-state index contributed by atoms with van der Waals surface area (Å²) in [5.41, 5.74) is 1.47. The summed E-state index contributed by atoms with van der Waals surface area (Å²) in [6.45, 7) is 1.99. The van der Waals surface area contributed by atoms with Gasteiger partial charge in [0.15, 0.2) is 0 Å². The van der Waals surface area contributed by atoms with Gasteiger partial charge >= 0.3 is 0 Å². The van der Waals surface area contributed by atoms with Crippen molar-refractivity contribution in [2.75, 3.05) is 0 Å². The van der Waals surface area contributed by atoms with Crippen LogP contribution in [0.1, 0.15) is 11.1 Å². The minimum absolute atomic E-state index is 0.0601. The lowest BCUT2D eigenvalue weighted by atomic mass is 10.2. The number of hydrogen-bond acceptors (Lipinski definition) is 4. The predicted molar refractivity (Wildman–Crippen MR) is 74.1 cm³/mol. The van der Waals surface area contributed by atoms with E-state index in [0.717, 1.165) is 10.0 Å². The van der Waals surface area contributed by atoms with Crippen molar-refractivity contribution in [3.63, 3.8) is 0 Å². The van der Waals surface area contributed by atoms with Crippen molar-refractivity contribution in [1.82, 2.24) is 4.98 Å². The molecule has 0 unspecified atom stereocenters. The van der Waals surface area contributed by atoms with E-state index in [0.29, 0.717) is 17.9 Å². The van der Waals surface area contributed by atoms with E-state index in [9.17, 15) is 10.1 Å². The average molecular weight is 323 g/mol. The van der Waals surface area contributed by atoms with Gasteiger partial charge in [0.2, 0.25) is 0 Å². The van der Waals surface area contributed by atoms with E-state index in [1.165, 1.54) is 6.07 Å². The Labute approximate surface area is 118 Å². The first kappa shape index (κ1) is 13.5. The molecule has 0 saturated carbocycles. The molecule has 0 radical (unpaired) electrons. The molecule has 1 aromatic heterocycles. The smallest absolute Gasteiger partial charge is 0.276 e. The van der Waals surface area contributed by atoms with Crippen LogP contribution in [0.3, 0.4) is 0 Å². The monoisotopic (exact) mass is 322 g/mol. The van der Waals surface area contributed by atoms with Crippen molar-refractivity contribution in [3.05, 3.63) is 62.4 Å². The lowest BCUT2D eigenvalue weighted by Crippen LogP contribution is -1.99. The summed E-state index contributed by atoms with van der Waals surface area (Å²) >= 11 is 3.33. The fraction of sp³-hybridized carbons (Fsp3) is 0.154. The summed E-state index contributed by atoms with van der Waals surface area (Å²) in [5, 5.41) is 10.8. The highest BCUT2D eigenvalue weighted by Crippen LogP contribution is 2.27. The lowest BCUT2D eigenvalue weighted by molar-refractivity contribution is -0.385. The Bertz CT molecular complexity index is 617. The number of pyridine rings is 1. The minimum atomic E-state index is -0.414. The molecule has 0 fully saturated rings. The van der Waals surface area contributed by atoms with Gasteiger partial charge in [-0.05, 0) is 35.0 Å². The highest BCUT2D eigenvalue weighted by atomic mass is 79.9. The summed E-state index contributed by atoms with van der Waals surface area (Å²) in [5.74, 6) is 0.508. The summed E-state index contributed by atoms with van der Waals surface area (Å²) in [7, 11) is 0. The number of nitro benzene ring substituents is 1. The van der Waals surface area contributed by atoms with Crippen LogP contribution in [0.15, 0.2) is 41.1 Å². The number of ether oxygens (including phenoxy) is 1. The molecule has 98 valence electrons. The zero-order valence-corrected chi connectivity index (χ0v) is 11.8. The van der Waals surface area contributed by atoms with Gasteiger partial charge in [-0.2, -0.15) is 0 Å². The van der Waals surface area contributed by atoms with Gasteiger partial charge in [0.25, 0.3) is 5.69 Å². The van der Waals surface area contributed by atoms with Crippen LogP contribution in [0, 0.1) is 17.0 Å². The van der Waals surface area contributed by atoms with Crippen LogP contribution in [0.4, 0.5) is 5.69 Å². The molecule has 5 nitrogen and oxygen atoms in total. The predicted octanol–water partition coefficient (Wildman–Crippen LogP) is 3.64. The van der Waals surface area contributed by atoms with E-state index < -0.39 is 4.92 Å². The molecule has 19 heavy (non-hydrogen) atoms. The Morgan fingerprint density at radius 3 is 2.89 bits per heavy atom. The van der Waals surface area contributed by atoms with E-state index in [1.807, 2.05) is 6.07 Å². The van der Waals surface area contributed by atoms with Crippen molar-refractivity contribution in [1.29, 1.82) is 0 Å². The van der Waals surface area contributed by atoms with Crippen molar-refractivity contribution in [2.45, 2.75) is 13.5 Å². The Morgan fingerprint density at radius 1 is 1.42 bits per heavy atom. The summed E-state index contributed by atoms with van der Waals surface area (Å²) in [6, 6.07) is 6.68. The molecule has 0 amide bonds. The third-order valence-electron chi connectivity index (χ3n) is 2.61. The SMILES string of the molecule is Cc1c(OCc2cncc(Br)c2)cccc1[N+](=O)[O-]. The second-order valence-corrected chi connectivity index (χ2v) is 4.87. The van der Waals surface area contributed by atoms with Crippen molar-refractivity contribution in [3.8, 4) is 5.75 Å². The van der Waals surface area contributed by atoms with Crippen molar-refractivity contribution in [2.24, 2.45) is 0 Å². The average Bonchev–Trinajstić information content (AvgIpc) is 2.37. The van der Waals surface area contributed by atoms with E-state index in [1.54, 1.807) is 31.5 Å². The highest BCUT2D eigenvalue weighted by molar-refractivity contribution is 9.10. The molecular weight excluding hydrogens is 312 g/mol. The van der Waals surface area contributed by atoms with Crippen LogP contribution < -0.4 is 4.74 Å². The van der Waals surface area contributed by atoms with Gasteiger partial charge in [-0.3, -0.25) is 15.1 Å². The number of nitro groups is 1. The Balaban J connectivity index is 2.16.